The topological polar surface area (TPSA) is 110 Å². The molecule has 31 heavy (non-hydrogen) atoms. The number of nitrogens with zero attached hydrogens (tertiary/aromatic N) is 3. The van der Waals surface area contributed by atoms with Crippen molar-refractivity contribution in [3.05, 3.63) is 94.8 Å². The number of rotatable bonds is 7. The molecular weight excluding hydrogens is 394 g/mol. The average Bonchev–Trinajstić information content (AvgIpc) is 2.82. The van der Waals surface area contributed by atoms with Crippen molar-refractivity contribution in [2.24, 2.45) is 0 Å². The molecule has 4 aromatic rings. The minimum atomic E-state index is -0.442. The second-order valence-corrected chi connectivity index (χ2v) is 6.80. The fourth-order valence-corrected chi connectivity index (χ4v) is 3.20. The number of anilines is 1. The zero-order valence-corrected chi connectivity index (χ0v) is 16.5. The van der Waals surface area contributed by atoms with Crippen LogP contribution in [0.4, 0.5) is 11.4 Å². The van der Waals surface area contributed by atoms with E-state index in [1.807, 2.05) is 36.4 Å². The van der Waals surface area contributed by atoms with Crippen LogP contribution in [0.5, 0.6) is 0 Å². The number of non-ortho nitro benzene ring substituents is 1. The average molecular weight is 413 g/mol. The first-order valence-electron chi connectivity index (χ1n) is 9.68. The summed E-state index contributed by atoms with van der Waals surface area (Å²) in [5.41, 5.74) is 3.57. The van der Waals surface area contributed by atoms with Crippen molar-refractivity contribution in [1.82, 2.24) is 15.3 Å². The molecule has 2 heterocycles. The van der Waals surface area contributed by atoms with Gasteiger partial charge >= 0.3 is 0 Å². The molecular formula is C23H19N5O3. The van der Waals surface area contributed by atoms with E-state index in [9.17, 15) is 14.9 Å². The van der Waals surface area contributed by atoms with Gasteiger partial charge < -0.3 is 10.6 Å². The number of carbonyl (C=O) groups is 1. The number of aromatic nitrogens is 2. The Kier molecular flexibility index (Phi) is 5.79. The van der Waals surface area contributed by atoms with E-state index in [-0.39, 0.29) is 11.6 Å². The lowest BCUT2D eigenvalue weighted by Crippen LogP contribution is -2.29. The summed E-state index contributed by atoms with van der Waals surface area (Å²) in [6.45, 7) is 0.858. The van der Waals surface area contributed by atoms with Gasteiger partial charge in [-0.05, 0) is 36.4 Å². The molecule has 0 aliphatic carbocycles. The van der Waals surface area contributed by atoms with Gasteiger partial charge in [0.25, 0.3) is 11.6 Å². The first-order valence-corrected chi connectivity index (χ1v) is 9.68. The van der Waals surface area contributed by atoms with E-state index < -0.39 is 4.92 Å². The third kappa shape index (κ3) is 4.64. The highest BCUT2D eigenvalue weighted by molar-refractivity contribution is 6.07. The summed E-state index contributed by atoms with van der Waals surface area (Å²) in [4.78, 5) is 32.0. The van der Waals surface area contributed by atoms with Crippen LogP contribution in [-0.2, 0) is 0 Å². The molecule has 8 heteroatoms. The van der Waals surface area contributed by atoms with Crippen molar-refractivity contribution < 1.29 is 9.72 Å². The zero-order valence-electron chi connectivity index (χ0n) is 16.5. The quantitative estimate of drug-likeness (QED) is 0.269. The maximum atomic E-state index is 12.9. The maximum Gasteiger partial charge on any atom is 0.269 e. The van der Waals surface area contributed by atoms with Gasteiger partial charge in [0.2, 0.25) is 0 Å². The Bertz CT molecular complexity index is 1230. The number of nitro groups is 1. The second-order valence-electron chi connectivity index (χ2n) is 6.80. The predicted octanol–water partition coefficient (Wildman–Crippen LogP) is 4.05. The molecule has 2 aromatic carbocycles. The van der Waals surface area contributed by atoms with Crippen molar-refractivity contribution in [1.29, 1.82) is 0 Å². The Labute approximate surface area is 178 Å². The molecule has 0 aliphatic rings. The fraction of sp³-hybridized carbons (Fsp3) is 0.0870. The van der Waals surface area contributed by atoms with Gasteiger partial charge in [-0.15, -0.1) is 0 Å². The van der Waals surface area contributed by atoms with Gasteiger partial charge in [-0.2, -0.15) is 0 Å². The SMILES string of the molecule is O=C(NCCNc1ccc([N+](=O)[O-])cc1)c1cc(-c2cccnc2)nc2ccccc12. The minimum absolute atomic E-state index is 0.0350. The highest BCUT2D eigenvalue weighted by atomic mass is 16.6. The van der Waals surface area contributed by atoms with E-state index in [1.54, 1.807) is 30.6 Å². The summed E-state index contributed by atoms with van der Waals surface area (Å²) in [5, 5.41) is 17.5. The van der Waals surface area contributed by atoms with Crippen LogP contribution >= 0.6 is 0 Å². The summed E-state index contributed by atoms with van der Waals surface area (Å²) in [6, 6.07) is 19.2. The molecule has 154 valence electrons. The first kappa shape index (κ1) is 20.0. The van der Waals surface area contributed by atoms with E-state index in [0.29, 0.717) is 24.3 Å². The standard InChI is InChI=1S/C23H19N5O3/c29-23(26-13-12-25-17-7-9-18(10-8-17)28(30)31)20-14-22(16-4-3-11-24-15-16)27-21-6-2-1-5-19(20)21/h1-11,14-15,25H,12-13H2,(H,26,29). The molecule has 0 fully saturated rings. The minimum Gasteiger partial charge on any atom is -0.383 e. The van der Waals surface area contributed by atoms with E-state index in [1.165, 1.54) is 12.1 Å². The second kappa shape index (κ2) is 9.00. The largest absolute Gasteiger partial charge is 0.383 e. The van der Waals surface area contributed by atoms with Crippen LogP contribution < -0.4 is 10.6 Å². The summed E-state index contributed by atoms with van der Waals surface area (Å²) >= 11 is 0. The molecule has 0 saturated carbocycles. The lowest BCUT2D eigenvalue weighted by atomic mass is 10.0. The molecule has 8 nitrogen and oxygen atoms in total. The predicted molar refractivity (Wildman–Crippen MR) is 119 cm³/mol. The van der Waals surface area contributed by atoms with Crippen LogP contribution in [0, 0.1) is 10.1 Å². The normalized spacial score (nSPS) is 10.6. The molecule has 0 spiro atoms. The summed E-state index contributed by atoms with van der Waals surface area (Å²) in [6.07, 6.45) is 3.41. The molecule has 0 saturated heterocycles. The van der Waals surface area contributed by atoms with Crippen molar-refractivity contribution >= 4 is 28.2 Å². The van der Waals surface area contributed by atoms with E-state index in [0.717, 1.165) is 22.2 Å². The number of pyridine rings is 2. The molecule has 2 aromatic heterocycles. The van der Waals surface area contributed by atoms with Gasteiger partial charge in [-0.3, -0.25) is 19.9 Å². The molecule has 0 atom stereocenters. The molecule has 2 N–H and O–H groups in total. The highest BCUT2D eigenvalue weighted by Crippen LogP contribution is 2.24. The maximum absolute atomic E-state index is 12.9. The van der Waals surface area contributed by atoms with E-state index in [4.69, 9.17) is 0 Å². The number of nitro benzene ring substituents is 1. The van der Waals surface area contributed by atoms with Crippen LogP contribution in [0.3, 0.4) is 0 Å². The summed E-state index contributed by atoms with van der Waals surface area (Å²) in [7, 11) is 0. The first-order chi connectivity index (χ1) is 15.1. The van der Waals surface area contributed by atoms with Crippen LogP contribution in [0.15, 0.2) is 79.1 Å². The zero-order chi connectivity index (χ0) is 21.6. The van der Waals surface area contributed by atoms with Crippen molar-refractivity contribution in [3.8, 4) is 11.3 Å². The Morgan fingerprint density at radius 2 is 1.81 bits per heavy atom. The molecule has 4 rings (SSSR count). The lowest BCUT2D eigenvalue weighted by Gasteiger charge is -2.11. The van der Waals surface area contributed by atoms with Gasteiger partial charge in [0.05, 0.1) is 21.7 Å². The number of amides is 1. The summed E-state index contributed by atoms with van der Waals surface area (Å²) < 4.78 is 0. The number of para-hydroxylation sites is 1. The monoisotopic (exact) mass is 413 g/mol. The number of hydrogen-bond acceptors (Lipinski definition) is 6. The lowest BCUT2D eigenvalue weighted by molar-refractivity contribution is -0.384. The number of nitrogens with one attached hydrogen (secondary N) is 2. The molecule has 1 amide bonds. The van der Waals surface area contributed by atoms with Crippen molar-refractivity contribution in [2.75, 3.05) is 18.4 Å². The van der Waals surface area contributed by atoms with Crippen LogP contribution in [0.25, 0.3) is 22.2 Å². The highest BCUT2D eigenvalue weighted by Gasteiger charge is 2.13. The fourth-order valence-electron chi connectivity index (χ4n) is 3.20. The number of hydrogen-bond donors (Lipinski definition) is 2. The van der Waals surface area contributed by atoms with E-state index >= 15 is 0 Å². The third-order valence-electron chi connectivity index (χ3n) is 4.74. The number of fused-ring (bicyclic) bond motifs is 1. The van der Waals surface area contributed by atoms with Crippen molar-refractivity contribution in [3.63, 3.8) is 0 Å². The molecule has 0 radical (unpaired) electrons. The van der Waals surface area contributed by atoms with Crippen molar-refractivity contribution in [2.45, 2.75) is 0 Å². The van der Waals surface area contributed by atoms with Gasteiger partial charge in [0, 0.05) is 54.3 Å². The third-order valence-corrected chi connectivity index (χ3v) is 4.74. The van der Waals surface area contributed by atoms with E-state index in [2.05, 4.69) is 20.6 Å². The molecule has 0 aliphatic heterocycles. The molecule has 0 unspecified atom stereocenters. The van der Waals surface area contributed by atoms with Crippen LogP contribution in [-0.4, -0.2) is 33.9 Å². The molecule has 0 bridgehead atoms. The summed E-state index contributed by atoms with van der Waals surface area (Å²) in [5.74, 6) is -0.200. The smallest absolute Gasteiger partial charge is 0.269 e. The Morgan fingerprint density at radius 3 is 2.55 bits per heavy atom. The Balaban J connectivity index is 1.46. The van der Waals surface area contributed by atoms with Crippen LogP contribution in [0.2, 0.25) is 0 Å². The Hall–Kier alpha value is -4.33. The number of benzene rings is 2. The van der Waals surface area contributed by atoms with Gasteiger partial charge in [-0.1, -0.05) is 18.2 Å². The Morgan fingerprint density at radius 1 is 1.00 bits per heavy atom. The number of carbonyl (C=O) groups excluding carboxylic acids is 1. The van der Waals surface area contributed by atoms with Crippen LogP contribution in [0.1, 0.15) is 10.4 Å². The van der Waals surface area contributed by atoms with Gasteiger partial charge in [-0.25, -0.2) is 4.98 Å². The van der Waals surface area contributed by atoms with Gasteiger partial charge in [0.15, 0.2) is 0 Å². The van der Waals surface area contributed by atoms with Gasteiger partial charge in [0.1, 0.15) is 0 Å².